The predicted octanol–water partition coefficient (Wildman–Crippen LogP) is 6.41. The average Bonchev–Trinajstić information content (AvgIpc) is 2.63. The Kier molecular flexibility index (Phi) is 6.99. The molecule has 1 aliphatic rings. The van der Waals surface area contributed by atoms with E-state index >= 15 is 0 Å². The summed E-state index contributed by atoms with van der Waals surface area (Å²) in [5.74, 6) is 1.01. The fourth-order valence-corrected chi connectivity index (χ4v) is 4.69. The summed E-state index contributed by atoms with van der Waals surface area (Å²) in [5.41, 5.74) is 0.620. The third kappa shape index (κ3) is 5.37. The molecule has 1 N–H and O–H groups in total. The highest BCUT2D eigenvalue weighted by molar-refractivity contribution is 7.85. The zero-order valence-electron chi connectivity index (χ0n) is 15.9. The van der Waals surface area contributed by atoms with Gasteiger partial charge in [-0.3, -0.25) is 9.53 Å². The number of ether oxygens (including phenoxy) is 2. The van der Waals surface area contributed by atoms with Crippen molar-refractivity contribution >= 4 is 57.4 Å². The smallest absolute Gasteiger partial charge is 0.412 e. The minimum atomic E-state index is -1.15. The fourth-order valence-electron chi connectivity index (χ4n) is 2.94. The van der Waals surface area contributed by atoms with Gasteiger partial charge in [-0.1, -0.05) is 34.8 Å². The maximum absolute atomic E-state index is 12.4. The lowest BCUT2D eigenvalue weighted by Gasteiger charge is -2.33. The summed E-state index contributed by atoms with van der Waals surface area (Å²) in [6, 6.07) is 8.44. The number of halogens is 3. The van der Waals surface area contributed by atoms with E-state index in [9.17, 15) is 9.00 Å². The van der Waals surface area contributed by atoms with Crippen LogP contribution in [0.3, 0.4) is 0 Å². The van der Waals surface area contributed by atoms with Gasteiger partial charge in [0.1, 0.15) is 11.4 Å². The second-order valence-corrected chi connectivity index (χ2v) is 9.83. The van der Waals surface area contributed by atoms with Crippen LogP contribution in [0.25, 0.3) is 0 Å². The number of nitrogens with one attached hydrogen (secondary N) is 1. The highest BCUT2D eigenvalue weighted by Crippen LogP contribution is 2.41. The van der Waals surface area contributed by atoms with Gasteiger partial charge < -0.3 is 9.47 Å². The second kappa shape index (κ2) is 9.13. The number of carbonyl (C=O) groups is 1. The highest BCUT2D eigenvalue weighted by Gasteiger charge is 2.34. The summed E-state index contributed by atoms with van der Waals surface area (Å²) >= 11 is 18.1. The molecule has 29 heavy (non-hydrogen) atoms. The zero-order chi connectivity index (χ0) is 21.2. The molecule has 1 unspecified atom stereocenters. The number of fused-ring (bicyclic) bond motifs is 1. The Balaban J connectivity index is 1.54. The number of cyclic esters (lactones) is 1. The summed E-state index contributed by atoms with van der Waals surface area (Å²) < 4.78 is 23.5. The molecule has 0 spiro atoms. The van der Waals surface area contributed by atoms with Gasteiger partial charge in [0.15, 0.2) is 0 Å². The Hall–Kier alpha value is -1.47. The minimum Gasteiger partial charge on any atom is -0.492 e. The number of benzene rings is 2. The van der Waals surface area contributed by atoms with Crippen LogP contribution < -0.4 is 10.1 Å². The molecular weight excluding hydrogens is 457 g/mol. The zero-order valence-corrected chi connectivity index (χ0v) is 19.0. The summed E-state index contributed by atoms with van der Waals surface area (Å²) in [6.45, 7) is 4.03. The normalized spacial score (nSPS) is 15.8. The lowest BCUT2D eigenvalue weighted by atomic mass is 9.94. The van der Waals surface area contributed by atoms with Crippen molar-refractivity contribution in [2.45, 2.75) is 37.2 Å². The molecular formula is C20H20Cl3NO4S. The summed E-state index contributed by atoms with van der Waals surface area (Å²) in [7, 11) is -1.15. The molecule has 1 aliphatic heterocycles. The molecule has 3 rings (SSSR count). The van der Waals surface area contributed by atoms with Gasteiger partial charge in [-0.15, -0.1) is 0 Å². The predicted molar refractivity (Wildman–Crippen MR) is 117 cm³/mol. The van der Waals surface area contributed by atoms with Crippen molar-refractivity contribution in [3.05, 3.63) is 51.0 Å². The standard InChI is InChI=1S/C20H20Cl3NO4S/c1-20(2)13-10-18(16(23)11-17(13)24-19(25)28-20)27-7-3-4-8-29(26)12-5-6-14(21)15(22)9-12/h5-6,9-11H,3-4,7-8H2,1-2H3,(H,24,25). The average molecular weight is 477 g/mol. The topological polar surface area (TPSA) is 64.6 Å². The van der Waals surface area contributed by atoms with Crippen molar-refractivity contribution in [1.82, 2.24) is 0 Å². The highest BCUT2D eigenvalue weighted by atomic mass is 35.5. The molecule has 1 amide bonds. The van der Waals surface area contributed by atoms with Crippen LogP contribution >= 0.6 is 34.8 Å². The number of carbonyl (C=O) groups excluding carboxylic acids is 1. The van der Waals surface area contributed by atoms with Crippen molar-refractivity contribution in [2.75, 3.05) is 17.7 Å². The first kappa shape index (κ1) is 22.2. The van der Waals surface area contributed by atoms with Gasteiger partial charge in [-0.05, 0) is 57.0 Å². The van der Waals surface area contributed by atoms with Gasteiger partial charge >= 0.3 is 6.09 Å². The molecule has 1 atom stereocenters. The molecule has 0 saturated carbocycles. The number of anilines is 1. The Bertz CT molecular complexity index is 965. The molecule has 0 bridgehead atoms. The van der Waals surface area contributed by atoms with E-state index in [-0.39, 0.29) is 0 Å². The van der Waals surface area contributed by atoms with Gasteiger partial charge in [-0.2, -0.15) is 0 Å². The number of amides is 1. The third-order valence-electron chi connectivity index (χ3n) is 4.44. The van der Waals surface area contributed by atoms with Gasteiger partial charge in [0.2, 0.25) is 0 Å². The monoisotopic (exact) mass is 475 g/mol. The molecule has 0 fully saturated rings. The Morgan fingerprint density at radius 1 is 1.07 bits per heavy atom. The Morgan fingerprint density at radius 3 is 2.55 bits per heavy atom. The lowest BCUT2D eigenvalue weighted by Crippen LogP contribution is -2.34. The molecule has 0 aliphatic carbocycles. The van der Waals surface area contributed by atoms with E-state index in [1.54, 1.807) is 44.2 Å². The van der Waals surface area contributed by atoms with Crippen LogP contribution in [0.1, 0.15) is 32.3 Å². The first-order valence-corrected chi connectivity index (χ1v) is 11.4. The second-order valence-electron chi connectivity index (χ2n) is 7.03. The van der Waals surface area contributed by atoms with E-state index in [0.29, 0.717) is 56.6 Å². The Morgan fingerprint density at radius 2 is 1.83 bits per heavy atom. The van der Waals surface area contributed by atoms with Crippen LogP contribution in [0.4, 0.5) is 10.5 Å². The first-order chi connectivity index (χ1) is 13.7. The lowest BCUT2D eigenvalue weighted by molar-refractivity contribution is 0.0418. The quantitative estimate of drug-likeness (QED) is 0.469. The van der Waals surface area contributed by atoms with E-state index in [1.165, 1.54) is 0 Å². The summed E-state index contributed by atoms with van der Waals surface area (Å²) in [4.78, 5) is 12.3. The van der Waals surface area contributed by atoms with Gasteiger partial charge in [0, 0.05) is 16.2 Å². The van der Waals surface area contributed by atoms with Crippen LogP contribution in [0.15, 0.2) is 35.2 Å². The SMILES string of the molecule is CC1(C)OC(=O)Nc2cc(Cl)c(OCCCCS(=O)c3ccc(Cl)c(Cl)c3)cc21. The Labute approximate surface area is 187 Å². The van der Waals surface area contributed by atoms with E-state index in [4.69, 9.17) is 44.3 Å². The molecule has 0 saturated heterocycles. The maximum atomic E-state index is 12.4. The third-order valence-corrected chi connectivity index (χ3v) is 6.91. The molecule has 2 aromatic carbocycles. The molecule has 156 valence electrons. The van der Waals surface area contributed by atoms with Crippen molar-refractivity contribution in [3.8, 4) is 5.75 Å². The van der Waals surface area contributed by atoms with Gasteiger partial charge in [-0.25, -0.2) is 4.79 Å². The fraction of sp³-hybridized carbons (Fsp3) is 0.350. The van der Waals surface area contributed by atoms with Crippen LogP contribution in [0, 0.1) is 0 Å². The minimum absolute atomic E-state index is 0.394. The summed E-state index contributed by atoms with van der Waals surface area (Å²) in [6.07, 6.45) is 0.902. The molecule has 0 aromatic heterocycles. The van der Waals surface area contributed by atoms with Crippen LogP contribution in [0.2, 0.25) is 15.1 Å². The van der Waals surface area contributed by atoms with Crippen molar-refractivity contribution < 1.29 is 18.5 Å². The van der Waals surface area contributed by atoms with Crippen LogP contribution in [0.5, 0.6) is 5.75 Å². The molecule has 5 nitrogen and oxygen atoms in total. The number of hydrogen-bond donors (Lipinski definition) is 1. The molecule has 2 aromatic rings. The van der Waals surface area contributed by atoms with E-state index in [0.717, 1.165) is 5.56 Å². The van der Waals surface area contributed by atoms with E-state index < -0.39 is 22.5 Å². The number of hydrogen-bond acceptors (Lipinski definition) is 4. The number of unbranched alkanes of at least 4 members (excludes halogenated alkanes) is 1. The molecule has 1 heterocycles. The van der Waals surface area contributed by atoms with Gasteiger partial charge in [0.25, 0.3) is 0 Å². The summed E-state index contributed by atoms with van der Waals surface area (Å²) in [5, 5.41) is 3.88. The van der Waals surface area contributed by atoms with E-state index in [2.05, 4.69) is 5.32 Å². The first-order valence-electron chi connectivity index (χ1n) is 8.97. The van der Waals surface area contributed by atoms with Crippen molar-refractivity contribution in [1.29, 1.82) is 0 Å². The van der Waals surface area contributed by atoms with Crippen LogP contribution in [-0.4, -0.2) is 22.7 Å². The van der Waals surface area contributed by atoms with E-state index in [1.807, 2.05) is 0 Å². The van der Waals surface area contributed by atoms with Crippen LogP contribution in [-0.2, 0) is 21.1 Å². The largest absolute Gasteiger partial charge is 0.492 e. The molecule has 9 heteroatoms. The maximum Gasteiger partial charge on any atom is 0.412 e. The van der Waals surface area contributed by atoms with Crippen molar-refractivity contribution in [2.24, 2.45) is 0 Å². The van der Waals surface area contributed by atoms with Crippen molar-refractivity contribution in [3.63, 3.8) is 0 Å². The molecule has 0 radical (unpaired) electrons. The van der Waals surface area contributed by atoms with Gasteiger partial charge in [0.05, 0.1) is 38.2 Å². The number of rotatable bonds is 7.